The van der Waals surface area contributed by atoms with Crippen LogP contribution in [0.2, 0.25) is 5.02 Å². The molecule has 1 rings (SSSR count). The number of nitrogens with two attached hydrogens (primary N) is 1. The quantitative estimate of drug-likeness (QED) is 0.862. The lowest BCUT2D eigenvalue weighted by Gasteiger charge is -2.27. The van der Waals surface area contributed by atoms with E-state index in [0.29, 0.717) is 6.54 Å². The minimum Gasteiger partial charge on any atom is -0.329 e. The monoisotopic (exact) mass is 336 g/mol. The molecule has 1 aromatic rings. The first-order chi connectivity index (χ1) is 8.10. The van der Waals surface area contributed by atoms with Crippen molar-refractivity contribution in [2.75, 3.05) is 32.1 Å². The van der Waals surface area contributed by atoms with Gasteiger partial charge >= 0.3 is 0 Å². The molecule has 17 heavy (non-hydrogen) atoms. The molecule has 0 radical (unpaired) electrons. The fourth-order valence-electron chi connectivity index (χ4n) is 1.71. The lowest BCUT2D eigenvalue weighted by Crippen LogP contribution is -2.32. The maximum atomic E-state index is 6.26. The zero-order chi connectivity index (χ0) is 12.8. The Hall–Kier alpha value is 0.260. The molecule has 0 aromatic heterocycles. The fraction of sp³-hybridized carbons (Fsp3) is 0.500. The molecule has 5 heteroatoms. The highest BCUT2D eigenvalue weighted by molar-refractivity contribution is 9.10. The van der Waals surface area contributed by atoms with Crippen molar-refractivity contribution in [3.05, 3.63) is 33.3 Å². The molecule has 96 valence electrons. The van der Waals surface area contributed by atoms with Crippen molar-refractivity contribution in [2.45, 2.75) is 6.04 Å². The molecule has 1 unspecified atom stereocenters. The molecule has 0 aliphatic rings. The highest BCUT2D eigenvalue weighted by atomic mass is 79.9. The first-order valence-electron chi connectivity index (χ1n) is 5.44. The van der Waals surface area contributed by atoms with E-state index >= 15 is 0 Å². The SMILES string of the molecule is CSCCN(C)C(CN)c1ccc(Br)cc1Cl. The van der Waals surface area contributed by atoms with Crippen LogP contribution < -0.4 is 5.73 Å². The lowest BCUT2D eigenvalue weighted by molar-refractivity contribution is 0.266. The van der Waals surface area contributed by atoms with Gasteiger partial charge in [-0.3, -0.25) is 4.90 Å². The highest BCUT2D eigenvalue weighted by Crippen LogP contribution is 2.28. The Bertz CT molecular complexity index is 362. The average molecular weight is 338 g/mol. The molecule has 1 aromatic carbocycles. The van der Waals surface area contributed by atoms with Gasteiger partial charge in [-0.15, -0.1) is 0 Å². The van der Waals surface area contributed by atoms with E-state index in [1.807, 2.05) is 30.0 Å². The van der Waals surface area contributed by atoms with Crippen LogP contribution in [0.25, 0.3) is 0 Å². The van der Waals surface area contributed by atoms with Crippen molar-refractivity contribution < 1.29 is 0 Å². The van der Waals surface area contributed by atoms with E-state index in [0.717, 1.165) is 27.4 Å². The zero-order valence-electron chi connectivity index (χ0n) is 10.1. The molecule has 1 atom stereocenters. The summed E-state index contributed by atoms with van der Waals surface area (Å²) in [4.78, 5) is 2.26. The smallest absolute Gasteiger partial charge is 0.0482 e. The molecule has 0 heterocycles. The van der Waals surface area contributed by atoms with Crippen LogP contribution in [0.5, 0.6) is 0 Å². The molecular formula is C12H18BrClN2S. The van der Waals surface area contributed by atoms with E-state index in [-0.39, 0.29) is 6.04 Å². The Labute approximate surface area is 121 Å². The summed E-state index contributed by atoms with van der Waals surface area (Å²) in [5.41, 5.74) is 6.96. The van der Waals surface area contributed by atoms with Gasteiger partial charge in [-0.2, -0.15) is 11.8 Å². The lowest BCUT2D eigenvalue weighted by atomic mass is 10.1. The van der Waals surface area contributed by atoms with Crippen molar-refractivity contribution in [1.82, 2.24) is 4.90 Å². The second kappa shape index (κ2) is 7.64. The molecule has 0 fully saturated rings. The van der Waals surface area contributed by atoms with Crippen LogP contribution in [0.1, 0.15) is 11.6 Å². The fourth-order valence-corrected chi connectivity index (χ4v) is 2.98. The third-order valence-electron chi connectivity index (χ3n) is 2.72. The summed E-state index contributed by atoms with van der Waals surface area (Å²) in [6.07, 6.45) is 2.11. The number of rotatable bonds is 6. The van der Waals surface area contributed by atoms with Gasteiger partial charge in [0.2, 0.25) is 0 Å². The van der Waals surface area contributed by atoms with E-state index in [1.165, 1.54) is 0 Å². The molecule has 0 saturated heterocycles. The normalized spacial score (nSPS) is 13.1. The summed E-state index contributed by atoms with van der Waals surface area (Å²) in [6.45, 7) is 1.58. The molecule has 0 amide bonds. The van der Waals surface area contributed by atoms with Gasteiger partial charge in [0, 0.05) is 34.4 Å². The van der Waals surface area contributed by atoms with E-state index in [4.69, 9.17) is 17.3 Å². The Morgan fingerprint density at radius 1 is 1.53 bits per heavy atom. The number of thioether (sulfide) groups is 1. The van der Waals surface area contributed by atoms with E-state index in [1.54, 1.807) is 0 Å². The van der Waals surface area contributed by atoms with Gasteiger partial charge in [-0.25, -0.2) is 0 Å². The summed E-state index contributed by atoms with van der Waals surface area (Å²) >= 11 is 11.5. The zero-order valence-corrected chi connectivity index (χ0v) is 13.3. The Balaban J connectivity index is 2.85. The number of likely N-dealkylation sites (N-methyl/N-ethyl adjacent to an activating group) is 1. The van der Waals surface area contributed by atoms with Crippen LogP contribution in [-0.4, -0.2) is 37.0 Å². The first-order valence-corrected chi connectivity index (χ1v) is 8.00. The Morgan fingerprint density at radius 3 is 2.76 bits per heavy atom. The molecule has 2 nitrogen and oxygen atoms in total. The number of benzene rings is 1. The average Bonchev–Trinajstić information content (AvgIpc) is 2.30. The summed E-state index contributed by atoms with van der Waals surface area (Å²) in [5, 5.41) is 0.769. The summed E-state index contributed by atoms with van der Waals surface area (Å²) in [6, 6.07) is 6.15. The number of hydrogen-bond acceptors (Lipinski definition) is 3. The highest BCUT2D eigenvalue weighted by Gasteiger charge is 2.17. The van der Waals surface area contributed by atoms with Gasteiger partial charge in [0.15, 0.2) is 0 Å². The van der Waals surface area contributed by atoms with Crippen molar-refractivity contribution in [3.63, 3.8) is 0 Å². The number of halogens is 2. The summed E-state index contributed by atoms with van der Waals surface area (Å²) in [7, 11) is 2.09. The summed E-state index contributed by atoms with van der Waals surface area (Å²) in [5.74, 6) is 1.10. The van der Waals surface area contributed by atoms with Crippen molar-refractivity contribution in [3.8, 4) is 0 Å². The largest absolute Gasteiger partial charge is 0.329 e. The van der Waals surface area contributed by atoms with Gasteiger partial charge in [-0.1, -0.05) is 33.6 Å². The summed E-state index contributed by atoms with van der Waals surface area (Å²) < 4.78 is 0.994. The Morgan fingerprint density at radius 2 is 2.24 bits per heavy atom. The molecule has 0 aliphatic carbocycles. The maximum absolute atomic E-state index is 6.26. The molecule has 0 bridgehead atoms. The van der Waals surface area contributed by atoms with Crippen LogP contribution in [0.4, 0.5) is 0 Å². The van der Waals surface area contributed by atoms with Gasteiger partial charge < -0.3 is 5.73 Å². The molecule has 2 N–H and O–H groups in total. The van der Waals surface area contributed by atoms with E-state index < -0.39 is 0 Å². The van der Waals surface area contributed by atoms with Crippen LogP contribution in [0.15, 0.2) is 22.7 Å². The van der Waals surface area contributed by atoms with Crippen molar-refractivity contribution in [1.29, 1.82) is 0 Å². The van der Waals surface area contributed by atoms with Gasteiger partial charge in [0.25, 0.3) is 0 Å². The van der Waals surface area contributed by atoms with Crippen LogP contribution >= 0.6 is 39.3 Å². The molecule has 0 saturated carbocycles. The number of hydrogen-bond donors (Lipinski definition) is 1. The van der Waals surface area contributed by atoms with Crippen LogP contribution in [-0.2, 0) is 0 Å². The topological polar surface area (TPSA) is 29.3 Å². The third kappa shape index (κ3) is 4.45. The Kier molecular flexibility index (Phi) is 6.89. The van der Waals surface area contributed by atoms with Gasteiger partial charge in [0.05, 0.1) is 0 Å². The predicted octanol–water partition coefficient (Wildman–Crippen LogP) is 3.40. The van der Waals surface area contributed by atoms with Crippen molar-refractivity contribution in [2.24, 2.45) is 5.73 Å². The predicted molar refractivity (Wildman–Crippen MR) is 82.0 cm³/mol. The second-order valence-corrected chi connectivity index (χ2v) is 6.20. The maximum Gasteiger partial charge on any atom is 0.0482 e. The van der Waals surface area contributed by atoms with Crippen LogP contribution in [0.3, 0.4) is 0 Å². The minimum atomic E-state index is 0.183. The molecule has 0 aliphatic heterocycles. The molecule has 0 spiro atoms. The standard InChI is InChI=1S/C12H18BrClN2S/c1-16(5-6-17-2)12(8-15)10-4-3-9(13)7-11(10)14/h3-4,7,12H,5-6,8,15H2,1-2H3. The second-order valence-electron chi connectivity index (χ2n) is 3.89. The van der Waals surface area contributed by atoms with E-state index in [9.17, 15) is 0 Å². The van der Waals surface area contributed by atoms with Gasteiger partial charge in [-0.05, 0) is 31.0 Å². The third-order valence-corrected chi connectivity index (χ3v) is 4.14. The van der Waals surface area contributed by atoms with E-state index in [2.05, 4.69) is 34.1 Å². The van der Waals surface area contributed by atoms with Gasteiger partial charge in [0.1, 0.15) is 0 Å². The minimum absolute atomic E-state index is 0.183. The number of nitrogens with zero attached hydrogens (tertiary/aromatic N) is 1. The first kappa shape index (κ1) is 15.3. The van der Waals surface area contributed by atoms with Crippen LogP contribution in [0, 0.1) is 0 Å². The molecular weight excluding hydrogens is 320 g/mol. The van der Waals surface area contributed by atoms with Crippen molar-refractivity contribution >= 4 is 39.3 Å².